The van der Waals surface area contributed by atoms with Crippen molar-refractivity contribution >= 4 is 11.5 Å². The highest BCUT2D eigenvalue weighted by Crippen LogP contribution is 2.33. The molecule has 3 N–H and O–H groups in total. The zero-order valence-electron chi connectivity index (χ0n) is 19.6. The molecule has 0 aliphatic carbocycles. The number of nitrogens with two attached hydrogens (primary N) is 1. The molecule has 184 valence electrons. The standard InChI is InChI=1S/C23H27F2N9O/c1-3-4-20-28-22-17-12-27-33(21(17)29-23(26)34(22)30-20)10-9-31-7-8-32(13-16(31)14-35-2)19-6-5-15(24)11-18(19)25/h5-6,11-12,16,23,29H,7-10,13-14,26H2,1-2H3. The minimum Gasteiger partial charge on any atom is -0.383 e. The lowest BCUT2D eigenvalue weighted by Crippen LogP contribution is -2.55. The van der Waals surface area contributed by atoms with Crippen molar-refractivity contribution in [2.45, 2.75) is 25.8 Å². The van der Waals surface area contributed by atoms with E-state index in [2.05, 4.69) is 37.2 Å². The van der Waals surface area contributed by atoms with Gasteiger partial charge in [0.25, 0.3) is 0 Å². The van der Waals surface area contributed by atoms with Gasteiger partial charge in [0, 0.05) is 39.4 Å². The number of hydrogen-bond acceptors (Lipinski definition) is 8. The quantitative estimate of drug-likeness (QED) is 0.509. The van der Waals surface area contributed by atoms with Crippen LogP contribution in [-0.2, 0) is 11.3 Å². The first-order chi connectivity index (χ1) is 17.0. The Labute approximate surface area is 201 Å². The normalized spacial score (nSPS) is 19.5. The highest BCUT2D eigenvalue weighted by Gasteiger charge is 2.31. The Hall–Kier alpha value is -3.53. The molecule has 2 aromatic heterocycles. The van der Waals surface area contributed by atoms with Gasteiger partial charge in [0.15, 0.2) is 12.1 Å². The smallest absolute Gasteiger partial charge is 0.226 e. The van der Waals surface area contributed by atoms with Crippen LogP contribution in [-0.4, -0.2) is 75.4 Å². The van der Waals surface area contributed by atoms with Gasteiger partial charge in [-0.15, -0.1) is 5.10 Å². The molecule has 2 aliphatic heterocycles. The Balaban J connectivity index is 1.30. The van der Waals surface area contributed by atoms with Crippen molar-refractivity contribution in [3.05, 3.63) is 41.9 Å². The van der Waals surface area contributed by atoms with Gasteiger partial charge in [0.05, 0.1) is 36.6 Å². The van der Waals surface area contributed by atoms with Gasteiger partial charge in [-0.3, -0.25) is 10.6 Å². The number of anilines is 2. The van der Waals surface area contributed by atoms with E-state index in [4.69, 9.17) is 10.5 Å². The molecule has 1 fully saturated rings. The van der Waals surface area contributed by atoms with Gasteiger partial charge in [-0.05, 0) is 25.0 Å². The lowest BCUT2D eigenvalue weighted by molar-refractivity contribution is 0.0785. The molecule has 5 rings (SSSR count). The second-order valence-electron chi connectivity index (χ2n) is 8.48. The molecule has 2 aliphatic rings. The Bertz CT molecular complexity index is 1280. The second-order valence-corrected chi connectivity index (χ2v) is 8.48. The lowest BCUT2D eigenvalue weighted by Gasteiger charge is -2.42. The Morgan fingerprint density at radius 3 is 2.89 bits per heavy atom. The third kappa shape index (κ3) is 4.45. The van der Waals surface area contributed by atoms with E-state index in [1.54, 1.807) is 24.9 Å². The van der Waals surface area contributed by atoms with E-state index in [0.717, 1.165) is 17.4 Å². The lowest BCUT2D eigenvalue weighted by atomic mass is 10.1. The van der Waals surface area contributed by atoms with Gasteiger partial charge in [0.1, 0.15) is 17.5 Å². The zero-order valence-corrected chi connectivity index (χ0v) is 19.6. The molecule has 12 heteroatoms. The van der Waals surface area contributed by atoms with Gasteiger partial charge >= 0.3 is 0 Å². The number of aromatic nitrogens is 5. The Kier molecular flexibility index (Phi) is 6.38. The molecule has 0 saturated carbocycles. The summed E-state index contributed by atoms with van der Waals surface area (Å²) in [5.41, 5.74) is 7.48. The summed E-state index contributed by atoms with van der Waals surface area (Å²) in [6.07, 6.45) is 1.17. The monoisotopic (exact) mass is 483 g/mol. The Morgan fingerprint density at radius 1 is 1.26 bits per heavy atom. The highest BCUT2D eigenvalue weighted by molar-refractivity contribution is 5.72. The van der Waals surface area contributed by atoms with Gasteiger partial charge in [-0.2, -0.15) is 10.1 Å². The van der Waals surface area contributed by atoms with Crippen molar-refractivity contribution in [3.8, 4) is 23.2 Å². The number of fused-ring (bicyclic) bond motifs is 3. The molecule has 3 aromatic rings. The maximum Gasteiger partial charge on any atom is 0.226 e. The van der Waals surface area contributed by atoms with Crippen LogP contribution < -0.4 is 16.0 Å². The molecule has 0 bridgehead atoms. The molecule has 35 heavy (non-hydrogen) atoms. The van der Waals surface area contributed by atoms with Crippen molar-refractivity contribution < 1.29 is 13.5 Å². The molecule has 1 aromatic carbocycles. The van der Waals surface area contributed by atoms with Crippen LogP contribution in [0, 0.1) is 23.5 Å². The summed E-state index contributed by atoms with van der Waals surface area (Å²) in [7, 11) is 1.65. The molecular formula is C23H27F2N9O. The molecule has 2 atom stereocenters. The van der Waals surface area contributed by atoms with E-state index < -0.39 is 17.9 Å². The third-order valence-electron chi connectivity index (χ3n) is 6.31. The predicted molar refractivity (Wildman–Crippen MR) is 126 cm³/mol. The predicted octanol–water partition coefficient (Wildman–Crippen LogP) is 1.47. The fourth-order valence-electron chi connectivity index (χ4n) is 4.66. The molecular weight excluding hydrogens is 456 g/mol. The maximum absolute atomic E-state index is 14.3. The van der Waals surface area contributed by atoms with Crippen molar-refractivity contribution in [2.75, 3.05) is 50.1 Å². The summed E-state index contributed by atoms with van der Waals surface area (Å²) in [5, 5.41) is 12.2. The average Bonchev–Trinajstić information content (AvgIpc) is 3.43. The molecule has 10 nitrogen and oxygen atoms in total. The summed E-state index contributed by atoms with van der Waals surface area (Å²) in [4.78, 5) is 8.74. The molecule has 0 amide bonds. The fraction of sp³-hybridized carbons (Fsp3) is 0.435. The van der Waals surface area contributed by atoms with Crippen LogP contribution >= 0.6 is 0 Å². The molecule has 4 heterocycles. The van der Waals surface area contributed by atoms with E-state index >= 15 is 0 Å². The SMILES string of the molecule is CC#Cc1nc2n(n1)C(N)Nc1c-2cnn1CCN1CCN(c2ccc(F)cc2F)CC1COC. The summed E-state index contributed by atoms with van der Waals surface area (Å²) in [6.45, 7) is 5.43. The zero-order chi connectivity index (χ0) is 24.5. The van der Waals surface area contributed by atoms with Crippen LogP contribution in [0.4, 0.5) is 20.3 Å². The van der Waals surface area contributed by atoms with E-state index in [0.29, 0.717) is 56.7 Å². The highest BCUT2D eigenvalue weighted by atomic mass is 19.1. The van der Waals surface area contributed by atoms with Crippen LogP contribution in [0.5, 0.6) is 0 Å². The number of ether oxygens (including phenoxy) is 1. The minimum atomic E-state index is -0.582. The van der Waals surface area contributed by atoms with Crippen LogP contribution in [0.25, 0.3) is 11.4 Å². The number of piperazine rings is 1. The van der Waals surface area contributed by atoms with Crippen LogP contribution in [0.3, 0.4) is 0 Å². The summed E-state index contributed by atoms with van der Waals surface area (Å²) in [6, 6.07) is 3.74. The van der Waals surface area contributed by atoms with Crippen LogP contribution in [0.15, 0.2) is 24.4 Å². The first-order valence-electron chi connectivity index (χ1n) is 11.4. The minimum absolute atomic E-state index is 0.0399. The number of rotatable bonds is 6. The van der Waals surface area contributed by atoms with E-state index in [1.807, 2.05) is 9.58 Å². The second kappa shape index (κ2) is 9.61. The first kappa shape index (κ1) is 23.2. The van der Waals surface area contributed by atoms with Crippen molar-refractivity contribution in [2.24, 2.45) is 5.73 Å². The van der Waals surface area contributed by atoms with Gasteiger partial charge in [0.2, 0.25) is 5.82 Å². The first-order valence-corrected chi connectivity index (χ1v) is 11.4. The molecule has 1 saturated heterocycles. The van der Waals surface area contributed by atoms with Gasteiger partial charge < -0.3 is 15.0 Å². The van der Waals surface area contributed by atoms with E-state index in [-0.39, 0.29) is 6.04 Å². The summed E-state index contributed by atoms with van der Waals surface area (Å²) >= 11 is 0. The number of benzene rings is 1. The van der Waals surface area contributed by atoms with Crippen molar-refractivity contribution in [1.29, 1.82) is 0 Å². The largest absolute Gasteiger partial charge is 0.383 e. The number of methoxy groups -OCH3 is 1. The number of nitrogens with one attached hydrogen (secondary N) is 1. The number of halogens is 2. The van der Waals surface area contributed by atoms with Crippen molar-refractivity contribution in [1.82, 2.24) is 29.4 Å². The van der Waals surface area contributed by atoms with Crippen LogP contribution in [0.1, 0.15) is 19.0 Å². The van der Waals surface area contributed by atoms with Crippen LogP contribution in [0.2, 0.25) is 0 Å². The maximum atomic E-state index is 14.3. The molecule has 0 spiro atoms. The number of nitrogens with zero attached hydrogens (tertiary/aromatic N) is 7. The summed E-state index contributed by atoms with van der Waals surface area (Å²) < 4.78 is 36.6. The molecule has 0 radical (unpaired) electrons. The third-order valence-corrected chi connectivity index (χ3v) is 6.31. The summed E-state index contributed by atoms with van der Waals surface area (Å²) in [5.74, 6) is 6.35. The van der Waals surface area contributed by atoms with Gasteiger partial charge in [-0.1, -0.05) is 5.92 Å². The van der Waals surface area contributed by atoms with E-state index in [1.165, 1.54) is 12.1 Å². The number of hydrogen-bond donors (Lipinski definition) is 2. The van der Waals surface area contributed by atoms with E-state index in [9.17, 15) is 8.78 Å². The average molecular weight is 484 g/mol. The Morgan fingerprint density at radius 2 is 2.11 bits per heavy atom. The van der Waals surface area contributed by atoms with Gasteiger partial charge in [-0.25, -0.2) is 18.1 Å². The fourth-order valence-corrected chi connectivity index (χ4v) is 4.66. The van der Waals surface area contributed by atoms with Crippen molar-refractivity contribution in [3.63, 3.8) is 0 Å². The molecule has 2 unspecified atom stereocenters. The topological polar surface area (TPSA) is 102 Å².